The zero-order valence-corrected chi connectivity index (χ0v) is 15.4. The second kappa shape index (κ2) is 8.50. The Bertz CT molecular complexity index is 687. The van der Waals surface area contributed by atoms with Gasteiger partial charge in [-0.05, 0) is 49.6 Å². The standard InChI is InChI=1S/C21H25ClN2O/c1-16(18-6-3-2-4-7-18)23-21(25)19-8-5-13-24(15-19)14-17-9-11-20(22)12-10-17/h2-4,6-7,9-12,16,19H,5,8,13-15H2,1H3,(H,23,25)/t16-,19-/m1/s1. The number of nitrogens with one attached hydrogen (secondary N) is 1. The first-order valence-electron chi connectivity index (χ1n) is 8.94. The molecular weight excluding hydrogens is 332 g/mol. The molecule has 1 saturated heterocycles. The molecule has 2 atom stereocenters. The van der Waals surface area contributed by atoms with Crippen molar-refractivity contribution in [2.24, 2.45) is 5.92 Å². The second-order valence-corrected chi connectivity index (χ2v) is 7.28. The molecule has 1 heterocycles. The van der Waals surface area contributed by atoms with E-state index in [1.165, 1.54) is 5.56 Å². The molecule has 132 valence electrons. The minimum absolute atomic E-state index is 0.0420. The molecule has 1 fully saturated rings. The minimum atomic E-state index is 0.0420. The van der Waals surface area contributed by atoms with Crippen LogP contribution in [0.3, 0.4) is 0 Å². The first-order valence-corrected chi connectivity index (χ1v) is 9.32. The maximum Gasteiger partial charge on any atom is 0.224 e. The lowest BCUT2D eigenvalue weighted by Gasteiger charge is -2.32. The lowest BCUT2D eigenvalue weighted by Crippen LogP contribution is -2.43. The highest BCUT2D eigenvalue weighted by Crippen LogP contribution is 2.21. The van der Waals surface area contributed by atoms with E-state index < -0.39 is 0 Å². The van der Waals surface area contributed by atoms with Crippen molar-refractivity contribution in [2.75, 3.05) is 13.1 Å². The molecule has 3 nitrogen and oxygen atoms in total. The Morgan fingerprint density at radius 2 is 1.92 bits per heavy atom. The van der Waals surface area contributed by atoms with Crippen molar-refractivity contribution in [2.45, 2.75) is 32.4 Å². The Hall–Kier alpha value is -1.84. The highest BCUT2D eigenvalue weighted by Gasteiger charge is 2.26. The van der Waals surface area contributed by atoms with Crippen molar-refractivity contribution >= 4 is 17.5 Å². The average molecular weight is 357 g/mol. The predicted octanol–water partition coefficient (Wildman–Crippen LogP) is 4.43. The molecule has 2 aromatic rings. The van der Waals surface area contributed by atoms with E-state index in [1.807, 2.05) is 37.3 Å². The Morgan fingerprint density at radius 1 is 1.20 bits per heavy atom. The highest BCUT2D eigenvalue weighted by atomic mass is 35.5. The fraction of sp³-hybridized carbons (Fsp3) is 0.381. The third-order valence-electron chi connectivity index (χ3n) is 4.85. The molecule has 3 rings (SSSR count). The summed E-state index contributed by atoms with van der Waals surface area (Å²) >= 11 is 5.95. The largest absolute Gasteiger partial charge is 0.349 e. The van der Waals surface area contributed by atoms with Crippen molar-refractivity contribution in [3.05, 3.63) is 70.7 Å². The zero-order valence-electron chi connectivity index (χ0n) is 14.6. The molecule has 1 aliphatic heterocycles. The lowest BCUT2D eigenvalue weighted by molar-refractivity contribution is -0.127. The number of amides is 1. The summed E-state index contributed by atoms with van der Waals surface area (Å²) in [5.74, 6) is 0.226. The van der Waals surface area contributed by atoms with Gasteiger partial charge in [0.15, 0.2) is 0 Å². The van der Waals surface area contributed by atoms with Crippen molar-refractivity contribution in [3.8, 4) is 0 Å². The average Bonchev–Trinajstić information content (AvgIpc) is 2.64. The summed E-state index contributed by atoms with van der Waals surface area (Å²) in [7, 11) is 0. The number of piperidine rings is 1. The number of nitrogens with zero attached hydrogens (tertiary/aromatic N) is 1. The van der Waals surface area contributed by atoms with E-state index in [0.29, 0.717) is 0 Å². The SMILES string of the molecule is C[C@@H](NC(=O)[C@@H]1CCCN(Cc2ccc(Cl)cc2)C1)c1ccccc1. The van der Waals surface area contributed by atoms with Gasteiger partial charge >= 0.3 is 0 Å². The smallest absolute Gasteiger partial charge is 0.224 e. The lowest BCUT2D eigenvalue weighted by atomic mass is 9.96. The van der Waals surface area contributed by atoms with Gasteiger partial charge in [-0.2, -0.15) is 0 Å². The molecule has 0 saturated carbocycles. The van der Waals surface area contributed by atoms with Gasteiger partial charge < -0.3 is 5.32 Å². The summed E-state index contributed by atoms with van der Waals surface area (Å²) in [4.78, 5) is 15.0. The van der Waals surface area contributed by atoms with Gasteiger partial charge in [0.05, 0.1) is 12.0 Å². The molecule has 1 aliphatic rings. The predicted molar refractivity (Wildman–Crippen MR) is 102 cm³/mol. The maximum absolute atomic E-state index is 12.7. The topological polar surface area (TPSA) is 32.3 Å². The van der Waals surface area contributed by atoms with Gasteiger partial charge in [-0.25, -0.2) is 0 Å². The van der Waals surface area contributed by atoms with Crippen LogP contribution in [-0.2, 0) is 11.3 Å². The van der Waals surface area contributed by atoms with E-state index in [4.69, 9.17) is 11.6 Å². The van der Waals surface area contributed by atoms with Gasteiger partial charge in [0.1, 0.15) is 0 Å². The van der Waals surface area contributed by atoms with E-state index in [0.717, 1.165) is 43.1 Å². The molecule has 1 amide bonds. The number of carbonyl (C=O) groups excluding carboxylic acids is 1. The fourth-order valence-electron chi connectivity index (χ4n) is 3.42. The molecule has 0 spiro atoms. The summed E-state index contributed by atoms with van der Waals surface area (Å²) < 4.78 is 0. The van der Waals surface area contributed by atoms with Crippen LogP contribution in [-0.4, -0.2) is 23.9 Å². The van der Waals surface area contributed by atoms with Crippen LogP contribution in [0.4, 0.5) is 0 Å². The Kier molecular flexibility index (Phi) is 6.11. The molecule has 0 bridgehead atoms. The molecule has 1 N–H and O–H groups in total. The van der Waals surface area contributed by atoms with Gasteiger partial charge in [0.25, 0.3) is 0 Å². The van der Waals surface area contributed by atoms with E-state index in [-0.39, 0.29) is 17.9 Å². The molecule has 0 aliphatic carbocycles. The Labute approximate surface area is 155 Å². The molecule has 25 heavy (non-hydrogen) atoms. The first kappa shape index (κ1) is 18.0. The van der Waals surface area contributed by atoms with Gasteiger partial charge in [-0.1, -0.05) is 54.1 Å². The van der Waals surface area contributed by atoms with Crippen LogP contribution in [0.5, 0.6) is 0 Å². The van der Waals surface area contributed by atoms with E-state index in [1.54, 1.807) is 0 Å². The summed E-state index contributed by atoms with van der Waals surface area (Å²) in [5, 5.41) is 3.93. The highest BCUT2D eigenvalue weighted by molar-refractivity contribution is 6.30. The monoisotopic (exact) mass is 356 g/mol. The third kappa shape index (κ3) is 5.07. The molecule has 2 aromatic carbocycles. The molecular formula is C21H25ClN2O. The second-order valence-electron chi connectivity index (χ2n) is 6.84. The van der Waals surface area contributed by atoms with Crippen LogP contribution < -0.4 is 5.32 Å². The molecule has 0 unspecified atom stereocenters. The van der Waals surface area contributed by atoms with Crippen LogP contribution in [0, 0.1) is 5.92 Å². The van der Waals surface area contributed by atoms with E-state index in [9.17, 15) is 4.79 Å². The Balaban J connectivity index is 1.55. The van der Waals surface area contributed by atoms with Gasteiger partial charge in [0.2, 0.25) is 5.91 Å². The number of carbonyl (C=O) groups is 1. The number of hydrogen-bond donors (Lipinski definition) is 1. The summed E-state index contributed by atoms with van der Waals surface area (Å²) in [5.41, 5.74) is 2.38. The van der Waals surface area contributed by atoms with Gasteiger partial charge in [-0.15, -0.1) is 0 Å². The third-order valence-corrected chi connectivity index (χ3v) is 5.11. The summed E-state index contributed by atoms with van der Waals surface area (Å²) in [6.07, 6.45) is 2.02. The van der Waals surface area contributed by atoms with Crippen molar-refractivity contribution < 1.29 is 4.79 Å². The summed E-state index contributed by atoms with van der Waals surface area (Å²) in [6.45, 7) is 4.77. The van der Waals surface area contributed by atoms with Gasteiger partial charge in [0, 0.05) is 18.1 Å². The molecule has 0 aromatic heterocycles. The first-order chi connectivity index (χ1) is 12.1. The Morgan fingerprint density at radius 3 is 2.64 bits per heavy atom. The normalized spacial score (nSPS) is 19.4. The quantitative estimate of drug-likeness (QED) is 0.859. The van der Waals surface area contributed by atoms with Crippen LogP contribution in [0.2, 0.25) is 5.02 Å². The summed E-state index contributed by atoms with van der Waals surface area (Å²) in [6, 6.07) is 18.1. The maximum atomic E-state index is 12.7. The van der Waals surface area contributed by atoms with Crippen molar-refractivity contribution in [3.63, 3.8) is 0 Å². The number of hydrogen-bond acceptors (Lipinski definition) is 2. The molecule has 0 radical (unpaired) electrons. The van der Waals surface area contributed by atoms with Crippen molar-refractivity contribution in [1.82, 2.24) is 10.2 Å². The van der Waals surface area contributed by atoms with Gasteiger partial charge in [-0.3, -0.25) is 9.69 Å². The number of halogens is 1. The number of likely N-dealkylation sites (tertiary alicyclic amines) is 1. The minimum Gasteiger partial charge on any atom is -0.349 e. The molecule has 4 heteroatoms. The van der Waals surface area contributed by atoms with Crippen LogP contribution in [0.25, 0.3) is 0 Å². The van der Waals surface area contributed by atoms with E-state index in [2.05, 4.69) is 34.5 Å². The van der Waals surface area contributed by atoms with Crippen LogP contribution in [0.1, 0.15) is 36.9 Å². The van der Waals surface area contributed by atoms with Crippen molar-refractivity contribution in [1.29, 1.82) is 0 Å². The van der Waals surface area contributed by atoms with E-state index >= 15 is 0 Å². The fourth-order valence-corrected chi connectivity index (χ4v) is 3.54. The number of rotatable bonds is 5. The number of benzene rings is 2. The van der Waals surface area contributed by atoms with Crippen LogP contribution in [0.15, 0.2) is 54.6 Å². The van der Waals surface area contributed by atoms with Crippen LogP contribution >= 0.6 is 11.6 Å². The zero-order chi connectivity index (χ0) is 17.6.